The van der Waals surface area contributed by atoms with Crippen molar-refractivity contribution in [3.05, 3.63) is 64.0 Å². The standard InChI is InChI=1S/C15H14N2O6/c1-22-15(19)13-7-12(17(20)21)8-16(13)9-14(18)23-10-11-5-3-2-4-6-11/h2-8H,9-10H2,1H3. The van der Waals surface area contributed by atoms with Gasteiger partial charge in [-0.05, 0) is 5.56 Å². The van der Waals surface area contributed by atoms with Crippen molar-refractivity contribution in [1.29, 1.82) is 0 Å². The fraction of sp³-hybridized carbons (Fsp3) is 0.200. The van der Waals surface area contributed by atoms with E-state index in [9.17, 15) is 19.7 Å². The summed E-state index contributed by atoms with van der Waals surface area (Å²) in [6, 6.07) is 10.1. The van der Waals surface area contributed by atoms with Crippen LogP contribution in [0, 0.1) is 10.1 Å². The molecule has 0 N–H and O–H groups in total. The van der Waals surface area contributed by atoms with E-state index in [1.165, 1.54) is 0 Å². The van der Waals surface area contributed by atoms with Gasteiger partial charge in [-0.2, -0.15) is 0 Å². The van der Waals surface area contributed by atoms with Crippen LogP contribution in [-0.4, -0.2) is 28.5 Å². The van der Waals surface area contributed by atoms with Gasteiger partial charge in [0.1, 0.15) is 18.8 Å². The average Bonchev–Trinajstić information content (AvgIpc) is 2.97. The van der Waals surface area contributed by atoms with E-state index in [1.807, 2.05) is 18.2 Å². The van der Waals surface area contributed by atoms with E-state index < -0.39 is 16.9 Å². The third-order valence-electron chi connectivity index (χ3n) is 3.03. The molecule has 8 heteroatoms. The quantitative estimate of drug-likeness (QED) is 0.458. The van der Waals surface area contributed by atoms with Gasteiger partial charge < -0.3 is 14.0 Å². The first kappa shape index (κ1) is 16.2. The Kier molecular flexibility index (Phi) is 5.08. The number of methoxy groups -OCH3 is 1. The Labute approximate surface area is 131 Å². The van der Waals surface area contributed by atoms with E-state index in [0.717, 1.165) is 29.5 Å². The summed E-state index contributed by atoms with van der Waals surface area (Å²) >= 11 is 0. The Hall–Kier alpha value is -3.16. The van der Waals surface area contributed by atoms with Crippen LogP contribution in [0.15, 0.2) is 42.6 Å². The van der Waals surface area contributed by atoms with Gasteiger partial charge in [0.15, 0.2) is 0 Å². The van der Waals surface area contributed by atoms with Crippen LogP contribution in [0.25, 0.3) is 0 Å². The molecule has 23 heavy (non-hydrogen) atoms. The summed E-state index contributed by atoms with van der Waals surface area (Å²) in [5.41, 5.74) is 0.421. The fourth-order valence-electron chi connectivity index (χ4n) is 1.92. The monoisotopic (exact) mass is 318 g/mol. The number of aromatic nitrogens is 1. The number of esters is 2. The minimum absolute atomic E-state index is 0.0800. The average molecular weight is 318 g/mol. The van der Waals surface area contributed by atoms with Crippen LogP contribution in [0.1, 0.15) is 16.1 Å². The third-order valence-corrected chi connectivity index (χ3v) is 3.03. The molecule has 0 aliphatic heterocycles. The number of hydrogen-bond acceptors (Lipinski definition) is 6. The molecule has 0 fully saturated rings. The summed E-state index contributed by atoms with van der Waals surface area (Å²) in [7, 11) is 1.15. The highest BCUT2D eigenvalue weighted by atomic mass is 16.6. The Morgan fingerprint density at radius 2 is 1.96 bits per heavy atom. The number of ether oxygens (including phenoxy) is 2. The van der Waals surface area contributed by atoms with Gasteiger partial charge in [0.2, 0.25) is 0 Å². The number of benzene rings is 1. The van der Waals surface area contributed by atoms with Gasteiger partial charge in [-0.15, -0.1) is 0 Å². The maximum Gasteiger partial charge on any atom is 0.354 e. The second-order valence-corrected chi connectivity index (χ2v) is 4.61. The molecule has 0 aliphatic carbocycles. The molecule has 0 saturated heterocycles. The molecule has 0 saturated carbocycles. The molecule has 2 aromatic rings. The SMILES string of the molecule is COC(=O)c1cc([N+](=O)[O-])cn1CC(=O)OCc1ccccc1. The Morgan fingerprint density at radius 3 is 2.57 bits per heavy atom. The number of carbonyl (C=O) groups excluding carboxylic acids is 2. The molecular formula is C15H14N2O6. The maximum atomic E-state index is 11.9. The number of rotatable bonds is 6. The smallest absolute Gasteiger partial charge is 0.354 e. The predicted molar refractivity (Wildman–Crippen MR) is 78.7 cm³/mol. The van der Waals surface area contributed by atoms with Crippen LogP contribution in [0.2, 0.25) is 0 Å². The van der Waals surface area contributed by atoms with Crippen LogP contribution in [-0.2, 0) is 27.4 Å². The molecule has 0 radical (unpaired) electrons. The summed E-state index contributed by atoms with van der Waals surface area (Å²) in [6.45, 7) is -0.248. The number of nitrogens with zero attached hydrogens (tertiary/aromatic N) is 2. The summed E-state index contributed by atoms with van der Waals surface area (Å²) in [4.78, 5) is 33.6. The summed E-state index contributed by atoms with van der Waals surface area (Å²) in [5, 5.41) is 10.8. The summed E-state index contributed by atoms with van der Waals surface area (Å²) < 4.78 is 10.8. The first-order chi connectivity index (χ1) is 11.0. The zero-order valence-electron chi connectivity index (χ0n) is 12.3. The van der Waals surface area contributed by atoms with Gasteiger partial charge >= 0.3 is 11.9 Å². The van der Waals surface area contributed by atoms with Crippen molar-refractivity contribution in [2.45, 2.75) is 13.2 Å². The van der Waals surface area contributed by atoms with Crippen LogP contribution >= 0.6 is 0 Å². The van der Waals surface area contributed by atoms with E-state index in [0.29, 0.717) is 0 Å². The molecule has 1 aromatic carbocycles. The Bertz CT molecular complexity index is 723. The van der Waals surface area contributed by atoms with Crippen LogP contribution in [0.4, 0.5) is 5.69 Å². The van der Waals surface area contributed by atoms with Crippen molar-refractivity contribution in [1.82, 2.24) is 4.57 Å². The molecule has 0 bridgehead atoms. The molecule has 1 heterocycles. The van der Waals surface area contributed by atoms with Gasteiger partial charge in [0, 0.05) is 6.07 Å². The number of hydrogen-bond donors (Lipinski definition) is 0. The Balaban J connectivity index is 2.07. The fourth-order valence-corrected chi connectivity index (χ4v) is 1.92. The molecule has 8 nitrogen and oxygen atoms in total. The number of nitro groups is 1. The van der Waals surface area contributed by atoms with Gasteiger partial charge in [0.05, 0.1) is 18.2 Å². The van der Waals surface area contributed by atoms with Gasteiger partial charge in [-0.25, -0.2) is 4.79 Å². The molecule has 0 spiro atoms. The van der Waals surface area contributed by atoms with E-state index in [-0.39, 0.29) is 24.5 Å². The second kappa shape index (κ2) is 7.21. The lowest BCUT2D eigenvalue weighted by Crippen LogP contribution is -2.17. The molecule has 0 aliphatic rings. The van der Waals surface area contributed by atoms with Crippen molar-refractivity contribution in [2.75, 3.05) is 7.11 Å². The van der Waals surface area contributed by atoms with Gasteiger partial charge in [0.25, 0.3) is 5.69 Å². The zero-order valence-corrected chi connectivity index (χ0v) is 12.3. The summed E-state index contributed by atoms with van der Waals surface area (Å²) in [6.07, 6.45) is 1.09. The molecular weight excluding hydrogens is 304 g/mol. The van der Waals surface area contributed by atoms with Crippen molar-refractivity contribution in [3.8, 4) is 0 Å². The lowest BCUT2D eigenvalue weighted by Gasteiger charge is -2.08. The molecule has 1 aromatic heterocycles. The summed E-state index contributed by atoms with van der Waals surface area (Å²) in [5.74, 6) is -1.39. The number of carbonyl (C=O) groups is 2. The second-order valence-electron chi connectivity index (χ2n) is 4.61. The maximum absolute atomic E-state index is 11.9. The first-order valence-corrected chi connectivity index (χ1v) is 6.63. The minimum atomic E-state index is -0.769. The molecule has 0 amide bonds. The molecule has 0 atom stereocenters. The van der Waals surface area contributed by atoms with Crippen LogP contribution < -0.4 is 0 Å². The predicted octanol–water partition coefficient (Wildman–Crippen LogP) is 1.93. The van der Waals surface area contributed by atoms with Crippen molar-refractivity contribution >= 4 is 17.6 Å². The highest BCUT2D eigenvalue weighted by molar-refractivity contribution is 5.89. The van der Waals surface area contributed by atoms with Gasteiger partial charge in [-0.1, -0.05) is 30.3 Å². The lowest BCUT2D eigenvalue weighted by atomic mass is 10.2. The van der Waals surface area contributed by atoms with Crippen molar-refractivity contribution in [2.24, 2.45) is 0 Å². The zero-order chi connectivity index (χ0) is 16.8. The van der Waals surface area contributed by atoms with E-state index in [4.69, 9.17) is 4.74 Å². The van der Waals surface area contributed by atoms with E-state index in [2.05, 4.69) is 4.74 Å². The highest BCUT2D eigenvalue weighted by Gasteiger charge is 2.21. The van der Waals surface area contributed by atoms with Crippen molar-refractivity contribution < 1.29 is 24.0 Å². The molecule has 120 valence electrons. The van der Waals surface area contributed by atoms with Crippen LogP contribution in [0.3, 0.4) is 0 Å². The minimum Gasteiger partial charge on any atom is -0.464 e. The molecule has 2 rings (SSSR count). The third kappa shape index (κ3) is 4.16. The first-order valence-electron chi connectivity index (χ1n) is 6.63. The van der Waals surface area contributed by atoms with E-state index in [1.54, 1.807) is 12.1 Å². The normalized spacial score (nSPS) is 10.1. The van der Waals surface area contributed by atoms with Gasteiger partial charge in [-0.3, -0.25) is 14.9 Å². The lowest BCUT2D eigenvalue weighted by molar-refractivity contribution is -0.384. The van der Waals surface area contributed by atoms with Crippen molar-refractivity contribution in [3.63, 3.8) is 0 Å². The largest absolute Gasteiger partial charge is 0.464 e. The topological polar surface area (TPSA) is 101 Å². The highest BCUT2D eigenvalue weighted by Crippen LogP contribution is 2.17. The van der Waals surface area contributed by atoms with Crippen LogP contribution in [0.5, 0.6) is 0 Å². The Morgan fingerprint density at radius 1 is 1.26 bits per heavy atom. The molecule has 0 unspecified atom stereocenters. The van der Waals surface area contributed by atoms with E-state index >= 15 is 0 Å².